The van der Waals surface area contributed by atoms with Gasteiger partial charge in [0.15, 0.2) is 0 Å². The highest BCUT2D eigenvalue weighted by Crippen LogP contribution is 2.35. The molecular formula is C21H28N2O4S2. The van der Waals surface area contributed by atoms with E-state index in [0.29, 0.717) is 37.5 Å². The number of carbonyl (C=O) groups is 1. The van der Waals surface area contributed by atoms with Crippen LogP contribution < -0.4 is 4.74 Å². The van der Waals surface area contributed by atoms with Crippen molar-refractivity contribution in [3.05, 3.63) is 40.3 Å². The molecule has 1 aliphatic heterocycles. The molecule has 6 nitrogen and oxygen atoms in total. The molecule has 0 atom stereocenters. The summed E-state index contributed by atoms with van der Waals surface area (Å²) in [5.41, 5.74) is -0.742. The van der Waals surface area contributed by atoms with Crippen molar-refractivity contribution in [3.8, 4) is 5.75 Å². The summed E-state index contributed by atoms with van der Waals surface area (Å²) in [4.78, 5) is 19.6. The van der Waals surface area contributed by atoms with Gasteiger partial charge < -0.3 is 19.5 Å². The van der Waals surface area contributed by atoms with Crippen LogP contribution in [0.15, 0.2) is 34.5 Å². The molecule has 158 valence electrons. The molecule has 0 spiro atoms. The molecule has 3 rings (SSSR count). The summed E-state index contributed by atoms with van der Waals surface area (Å²) in [5, 5.41) is 13.7. The van der Waals surface area contributed by atoms with Crippen molar-refractivity contribution < 1.29 is 19.4 Å². The highest BCUT2D eigenvalue weighted by atomic mass is 32.2. The first-order valence-electron chi connectivity index (χ1n) is 9.60. The van der Waals surface area contributed by atoms with Gasteiger partial charge in [-0.25, -0.2) is 9.78 Å². The number of amides is 1. The predicted molar refractivity (Wildman–Crippen MR) is 116 cm³/mol. The van der Waals surface area contributed by atoms with Crippen LogP contribution in [0.2, 0.25) is 0 Å². The molecule has 1 aromatic carbocycles. The molecule has 0 saturated carbocycles. The second kappa shape index (κ2) is 8.93. The van der Waals surface area contributed by atoms with Gasteiger partial charge in [-0.05, 0) is 51.3 Å². The third kappa shape index (κ3) is 5.87. The van der Waals surface area contributed by atoms with Crippen LogP contribution in [-0.2, 0) is 16.9 Å². The van der Waals surface area contributed by atoms with Crippen LogP contribution in [0.25, 0.3) is 0 Å². The zero-order valence-corrected chi connectivity index (χ0v) is 18.9. The number of likely N-dealkylation sites (tertiary alicyclic amines) is 1. The van der Waals surface area contributed by atoms with Crippen molar-refractivity contribution in [3.63, 3.8) is 0 Å². The van der Waals surface area contributed by atoms with Crippen molar-refractivity contribution >= 4 is 29.2 Å². The van der Waals surface area contributed by atoms with Gasteiger partial charge in [0, 0.05) is 36.2 Å². The number of nitrogens with zero attached hydrogens (tertiary/aromatic N) is 2. The van der Waals surface area contributed by atoms with E-state index in [1.54, 1.807) is 16.7 Å². The van der Waals surface area contributed by atoms with Gasteiger partial charge in [-0.1, -0.05) is 0 Å². The number of ether oxygens (including phenoxy) is 2. The SMILES string of the molecule is CSc1ccc(OCc2csc(C3(O)CCN(C(=O)OC(C)(C)C)CC3)n2)cc1. The van der Waals surface area contributed by atoms with Crippen LogP contribution in [0.4, 0.5) is 4.79 Å². The molecule has 1 fully saturated rings. The average molecular weight is 437 g/mol. The second-order valence-electron chi connectivity index (χ2n) is 8.11. The lowest BCUT2D eigenvalue weighted by atomic mass is 9.92. The molecule has 2 aromatic rings. The lowest BCUT2D eigenvalue weighted by molar-refractivity contribution is -0.0358. The smallest absolute Gasteiger partial charge is 0.410 e. The highest BCUT2D eigenvalue weighted by molar-refractivity contribution is 7.98. The average Bonchev–Trinajstić information content (AvgIpc) is 3.16. The Bertz CT molecular complexity index is 822. The lowest BCUT2D eigenvalue weighted by Crippen LogP contribution is -2.46. The molecule has 0 unspecified atom stereocenters. The van der Waals surface area contributed by atoms with E-state index < -0.39 is 11.2 Å². The normalized spacial score (nSPS) is 16.5. The molecule has 1 aliphatic rings. The summed E-state index contributed by atoms with van der Waals surface area (Å²) in [6.07, 6.45) is 2.59. The summed E-state index contributed by atoms with van der Waals surface area (Å²) in [6, 6.07) is 7.93. The standard InChI is InChI=1S/C21H28N2O4S2/c1-20(2,3)27-19(24)23-11-9-21(25,10-12-23)18-22-15(14-29-18)13-26-16-5-7-17(28-4)8-6-16/h5-8,14,25H,9-13H2,1-4H3. The Morgan fingerprint density at radius 1 is 1.28 bits per heavy atom. The first-order valence-corrected chi connectivity index (χ1v) is 11.7. The molecule has 1 amide bonds. The molecule has 1 aromatic heterocycles. The number of hydrogen-bond donors (Lipinski definition) is 1. The number of carbonyl (C=O) groups excluding carboxylic acids is 1. The van der Waals surface area contributed by atoms with Crippen LogP contribution >= 0.6 is 23.1 Å². The fourth-order valence-electron chi connectivity index (χ4n) is 3.02. The van der Waals surface area contributed by atoms with Gasteiger partial charge in [0.25, 0.3) is 0 Å². The third-order valence-electron chi connectivity index (χ3n) is 4.64. The summed E-state index contributed by atoms with van der Waals surface area (Å²) in [7, 11) is 0. The van der Waals surface area contributed by atoms with Crippen molar-refractivity contribution in [2.75, 3.05) is 19.3 Å². The summed E-state index contributed by atoms with van der Waals surface area (Å²) < 4.78 is 11.2. The Balaban J connectivity index is 1.55. The van der Waals surface area contributed by atoms with Crippen molar-refractivity contribution in [1.29, 1.82) is 0 Å². The molecule has 0 aliphatic carbocycles. The summed E-state index contributed by atoms with van der Waals surface area (Å²) in [6.45, 7) is 6.79. The van der Waals surface area contributed by atoms with Gasteiger partial charge in [0.1, 0.15) is 28.6 Å². The molecular weight excluding hydrogens is 408 g/mol. The number of hydrogen-bond acceptors (Lipinski definition) is 7. The summed E-state index contributed by atoms with van der Waals surface area (Å²) in [5.74, 6) is 0.793. The molecule has 2 heterocycles. The zero-order valence-electron chi connectivity index (χ0n) is 17.3. The maximum atomic E-state index is 12.2. The number of benzene rings is 1. The number of aromatic nitrogens is 1. The predicted octanol–water partition coefficient (Wildman–Crippen LogP) is 4.66. The third-order valence-corrected chi connectivity index (χ3v) is 6.47. The monoisotopic (exact) mass is 436 g/mol. The van der Waals surface area contributed by atoms with Crippen LogP contribution in [0.5, 0.6) is 5.75 Å². The number of rotatable bonds is 5. The topological polar surface area (TPSA) is 71.9 Å². The fraction of sp³-hybridized carbons (Fsp3) is 0.524. The molecule has 1 saturated heterocycles. The van der Waals surface area contributed by atoms with E-state index in [9.17, 15) is 9.90 Å². The van der Waals surface area contributed by atoms with Crippen molar-refractivity contribution in [2.24, 2.45) is 0 Å². The quantitative estimate of drug-likeness (QED) is 0.687. The van der Waals surface area contributed by atoms with Gasteiger partial charge in [0.05, 0.1) is 5.69 Å². The van der Waals surface area contributed by atoms with Gasteiger partial charge in [-0.2, -0.15) is 0 Å². The Hall–Kier alpha value is -1.77. The van der Waals surface area contributed by atoms with Gasteiger partial charge in [-0.3, -0.25) is 0 Å². The van der Waals surface area contributed by atoms with Gasteiger partial charge in [0.2, 0.25) is 0 Å². The number of piperidine rings is 1. The number of aliphatic hydroxyl groups is 1. The van der Waals surface area contributed by atoms with Crippen molar-refractivity contribution in [1.82, 2.24) is 9.88 Å². The van der Waals surface area contributed by atoms with Crippen LogP contribution in [0.1, 0.15) is 44.3 Å². The zero-order chi connectivity index (χ0) is 21.1. The maximum absolute atomic E-state index is 12.2. The van der Waals surface area contributed by atoms with E-state index in [1.165, 1.54) is 16.2 Å². The summed E-state index contributed by atoms with van der Waals surface area (Å²) >= 11 is 3.13. The van der Waals surface area contributed by atoms with Crippen LogP contribution in [0.3, 0.4) is 0 Å². The van der Waals surface area contributed by atoms with E-state index in [4.69, 9.17) is 9.47 Å². The first-order chi connectivity index (χ1) is 13.7. The van der Waals surface area contributed by atoms with Crippen LogP contribution in [-0.4, -0.2) is 46.0 Å². The Kier molecular flexibility index (Phi) is 6.76. The number of thiazole rings is 1. The Morgan fingerprint density at radius 3 is 2.52 bits per heavy atom. The van der Waals surface area contributed by atoms with Crippen molar-refractivity contribution in [2.45, 2.75) is 56.3 Å². The van der Waals surface area contributed by atoms with Gasteiger partial charge in [-0.15, -0.1) is 23.1 Å². The maximum Gasteiger partial charge on any atom is 0.410 e. The first kappa shape index (κ1) is 21.9. The highest BCUT2D eigenvalue weighted by Gasteiger charge is 2.38. The lowest BCUT2D eigenvalue weighted by Gasteiger charge is -2.37. The molecule has 0 radical (unpaired) electrons. The molecule has 0 bridgehead atoms. The van der Waals surface area contributed by atoms with E-state index in [0.717, 1.165) is 11.4 Å². The van der Waals surface area contributed by atoms with E-state index >= 15 is 0 Å². The molecule has 1 N–H and O–H groups in total. The van der Waals surface area contributed by atoms with E-state index in [2.05, 4.69) is 4.98 Å². The largest absolute Gasteiger partial charge is 0.487 e. The molecule has 8 heteroatoms. The Labute approximate surface area is 180 Å². The second-order valence-corrected chi connectivity index (χ2v) is 9.84. The minimum atomic E-state index is -1.01. The minimum absolute atomic E-state index is 0.333. The minimum Gasteiger partial charge on any atom is -0.487 e. The number of thioether (sulfide) groups is 1. The van der Waals surface area contributed by atoms with E-state index in [1.807, 2.05) is 56.7 Å². The molecule has 29 heavy (non-hydrogen) atoms. The Morgan fingerprint density at radius 2 is 1.93 bits per heavy atom. The van der Waals surface area contributed by atoms with Gasteiger partial charge >= 0.3 is 6.09 Å². The van der Waals surface area contributed by atoms with E-state index in [-0.39, 0.29) is 6.09 Å². The fourth-order valence-corrected chi connectivity index (χ4v) is 4.39. The van der Waals surface area contributed by atoms with Crippen LogP contribution in [0, 0.1) is 0 Å².